The molecule has 0 saturated carbocycles. The molecule has 0 bridgehead atoms. The van der Waals surface area contributed by atoms with Crippen LogP contribution in [0.25, 0.3) is 0 Å². The van der Waals surface area contributed by atoms with Crippen molar-refractivity contribution in [2.75, 3.05) is 19.6 Å². The smallest absolute Gasteiger partial charge is 0.243 e. The van der Waals surface area contributed by atoms with Gasteiger partial charge in [0.15, 0.2) is 5.96 Å². The molecule has 10 nitrogen and oxygen atoms in total. The van der Waals surface area contributed by atoms with Crippen LogP contribution in [0.3, 0.4) is 0 Å². The highest BCUT2D eigenvalue weighted by Gasteiger charge is 2.25. The van der Waals surface area contributed by atoms with Crippen molar-refractivity contribution in [1.29, 1.82) is 0 Å². The lowest BCUT2D eigenvalue weighted by Crippen LogP contribution is -2.53. The second-order valence-corrected chi connectivity index (χ2v) is 10.5. The first kappa shape index (κ1) is 41.0. The zero-order valence-corrected chi connectivity index (χ0v) is 28.4. The topological polar surface area (TPSA) is 187 Å². The standard InChI is InChI=1S/C29H41N5O2.C4H11N3.C2H6/c1-20-11-10-12-21(2)25(20)18-27(33-28(35)19-31)29(36)34-26(15-8-9-16-30)23(4)32-22(3)17-24-13-6-5-7-14-24;1-2-3-7-4(5)6;1-2/h5-7,10-14,26-27H,3,8-9,15-19,30-31H2,1-2,4H3,(H,33,35)(H,34,36);2-3H2,1H3,(H4,5,6,7);1-2H3/t26?,27-;;/m0../s1. The number of carbonyl (C=O) groups excluding carboxylic acids is 2. The van der Waals surface area contributed by atoms with Crippen molar-refractivity contribution in [2.24, 2.45) is 32.9 Å². The van der Waals surface area contributed by atoms with Gasteiger partial charge in [-0.3, -0.25) is 19.6 Å². The number of aryl methyl sites for hydroxylation is 2. The van der Waals surface area contributed by atoms with Gasteiger partial charge in [-0.1, -0.05) is 75.9 Å². The first-order valence-corrected chi connectivity index (χ1v) is 15.9. The molecule has 45 heavy (non-hydrogen) atoms. The van der Waals surface area contributed by atoms with Crippen LogP contribution in [0.4, 0.5) is 0 Å². The molecule has 2 aromatic rings. The van der Waals surface area contributed by atoms with E-state index in [0.717, 1.165) is 59.5 Å². The van der Waals surface area contributed by atoms with Gasteiger partial charge in [0.05, 0.1) is 12.6 Å². The maximum atomic E-state index is 13.5. The van der Waals surface area contributed by atoms with Crippen molar-refractivity contribution in [3.63, 3.8) is 0 Å². The molecular weight excluding hydrogens is 564 g/mol. The van der Waals surface area contributed by atoms with E-state index in [-0.39, 0.29) is 30.4 Å². The predicted molar refractivity (Wildman–Crippen MR) is 190 cm³/mol. The van der Waals surface area contributed by atoms with E-state index in [1.54, 1.807) is 0 Å². The van der Waals surface area contributed by atoms with E-state index in [9.17, 15) is 9.59 Å². The number of rotatable bonds is 16. The maximum absolute atomic E-state index is 13.5. The van der Waals surface area contributed by atoms with Crippen LogP contribution in [0.2, 0.25) is 0 Å². The second kappa shape index (κ2) is 24.3. The van der Waals surface area contributed by atoms with Gasteiger partial charge < -0.3 is 33.6 Å². The van der Waals surface area contributed by atoms with Gasteiger partial charge in [-0.2, -0.15) is 0 Å². The third kappa shape index (κ3) is 17.8. The molecule has 0 aliphatic heterocycles. The van der Waals surface area contributed by atoms with E-state index < -0.39 is 6.04 Å². The molecule has 2 rings (SSSR count). The maximum Gasteiger partial charge on any atom is 0.243 e. The number of benzene rings is 2. The quantitative estimate of drug-likeness (QED) is 0.0938. The molecule has 1 unspecified atom stereocenters. The Hall–Kier alpha value is -4.02. The summed E-state index contributed by atoms with van der Waals surface area (Å²) >= 11 is 0. The third-order valence-corrected chi connectivity index (χ3v) is 6.76. The molecule has 0 radical (unpaired) electrons. The lowest BCUT2D eigenvalue weighted by molar-refractivity contribution is -0.128. The number of guanidine groups is 1. The molecule has 0 spiro atoms. The summed E-state index contributed by atoms with van der Waals surface area (Å²) in [4.78, 5) is 34.1. The molecule has 0 fully saturated rings. The summed E-state index contributed by atoms with van der Waals surface area (Å²) in [6.45, 7) is 17.2. The van der Waals surface area contributed by atoms with Crippen molar-refractivity contribution >= 4 is 23.5 Å². The van der Waals surface area contributed by atoms with Crippen molar-refractivity contribution in [1.82, 2.24) is 10.6 Å². The minimum atomic E-state index is -0.752. The highest BCUT2D eigenvalue weighted by Crippen LogP contribution is 2.16. The molecule has 2 atom stereocenters. The van der Waals surface area contributed by atoms with Gasteiger partial charge in [-0.05, 0) is 75.3 Å². The summed E-state index contributed by atoms with van der Waals surface area (Å²) in [7, 11) is 0. The van der Waals surface area contributed by atoms with Crippen LogP contribution in [0.5, 0.6) is 0 Å². The van der Waals surface area contributed by atoms with E-state index in [2.05, 4.69) is 22.2 Å². The van der Waals surface area contributed by atoms with Crippen LogP contribution in [0.15, 0.2) is 70.8 Å². The molecule has 10 heteroatoms. The van der Waals surface area contributed by atoms with Crippen LogP contribution in [0, 0.1) is 13.8 Å². The summed E-state index contributed by atoms with van der Waals surface area (Å²) in [6.07, 6.45) is 4.39. The van der Waals surface area contributed by atoms with Crippen molar-refractivity contribution < 1.29 is 9.59 Å². The fourth-order valence-electron chi connectivity index (χ4n) is 4.43. The lowest BCUT2D eigenvalue weighted by atomic mass is 9.95. The lowest BCUT2D eigenvalue weighted by Gasteiger charge is -2.25. The van der Waals surface area contributed by atoms with Gasteiger partial charge in [-0.25, -0.2) is 0 Å². The molecule has 2 amide bonds. The fourth-order valence-corrected chi connectivity index (χ4v) is 4.43. The number of aliphatic imine (C=N–C) groups is 2. The van der Waals surface area contributed by atoms with Gasteiger partial charge in [0, 0.05) is 30.8 Å². The number of nitrogens with zero attached hydrogens (tertiary/aromatic N) is 2. The number of amides is 2. The van der Waals surface area contributed by atoms with Gasteiger partial charge in [0.25, 0.3) is 0 Å². The number of hydrogen-bond acceptors (Lipinski definition) is 6. The highest BCUT2D eigenvalue weighted by atomic mass is 16.2. The normalized spacial score (nSPS) is 11.9. The zero-order valence-electron chi connectivity index (χ0n) is 28.4. The Kier molecular flexibility index (Phi) is 22.1. The third-order valence-electron chi connectivity index (χ3n) is 6.76. The fraction of sp³-hybridized carbons (Fsp3) is 0.486. The van der Waals surface area contributed by atoms with Crippen LogP contribution in [0.1, 0.15) is 75.6 Å². The Bertz CT molecular complexity index is 1190. The minimum absolute atomic E-state index is 0.182. The summed E-state index contributed by atoms with van der Waals surface area (Å²) in [5.74, 6) is -0.454. The summed E-state index contributed by atoms with van der Waals surface area (Å²) in [5.41, 5.74) is 27.1. The zero-order chi connectivity index (χ0) is 34.2. The number of unbranched alkanes of at least 4 members (excludes halogenated alkanes) is 1. The Morgan fingerprint density at radius 3 is 2.04 bits per heavy atom. The van der Waals surface area contributed by atoms with Crippen molar-refractivity contribution in [3.8, 4) is 0 Å². The molecular formula is C35H58N8O2. The molecule has 10 N–H and O–H groups in total. The molecule has 0 aromatic heterocycles. The molecule has 0 aliphatic carbocycles. The minimum Gasteiger partial charge on any atom is -0.370 e. The molecule has 0 heterocycles. The van der Waals surface area contributed by atoms with Crippen molar-refractivity contribution in [2.45, 2.75) is 92.2 Å². The molecule has 250 valence electrons. The summed E-state index contributed by atoms with van der Waals surface area (Å²) in [5, 5.41) is 5.93. The Labute approximate surface area is 271 Å². The summed E-state index contributed by atoms with van der Waals surface area (Å²) < 4.78 is 0. The SMILES string of the molecule is C=C(Cc1ccccc1)N=C(C)C(CCCCN)NC(=O)[C@H](Cc1c(C)cccc1C)NC(=O)CN.CC.CCCN=C(N)N. The average molecular weight is 623 g/mol. The van der Waals surface area contributed by atoms with Gasteiger partial charge in [-0.15, -0.1) is 0 Å². The number of carbonyl (C=O) groups is 2. The first-order chi connectivity index (χ1) is 21.5. The van der Waals surface area contributed by atoms with E-state index >= 15 is 0 Å². The van der Waals surface area contributed by atoms with Gasteiger partial charge in [0.1, 0.15) is 6.04 Å². The van der Waals surface area contributed by atoms with E-state index in [0.29, 0.717) is 25.8 Å². The van der Waals surface area contributed by atoms with E-state index in [4.69, 9.17) is 27.9 Å². The highest BCUT2D eigenvalue weighted by molar-refractivity contribution is 5.95. The van der Waals surface area contributed by atoms with Crippen LogP contribution >= 0.6 is 0 Å². The average Bonchev–Trinajstić information content (AvgIpc) is 3.02. The van der Waals surface area contributed by atoms with Gasteiger partial charge >= 0.3 is 0 Å². The number of allylic oxidation sites excluding steroid dienone is 1. The Balaban J connectivity index is 0.00000189. The van der Waals surface area contributed by atoms with Crippen LogP contribution in [-0.4, -0.2) is 55.2 Å². The molecule has 0 saturated heterocycles. The molecule has 2 aromatic carbocycles. The van der Waals surface area contributed by atoms with Crippen LogP contribution < -0.4 is 33.6 Å². The van der Waals surface area contributed by atoms with Crippen molar-refractivity contribution in [3.05, 3.63) is 83.1 Å². The number of nitrogens with one attached hydrogen (secondary N) is 2. The first-order valence-electron chi connectivity index (χ1n) is 15.9. The van der Waals surface area contributed by atoms with Crippen LogP contribution in [-0.2, 0) is 22.4 Å². The number of hydrogen-bond donors (Lipinski definition) is 6. The summed E-state index contributed by atoms with van der Waals surface area (Å²) in [6, 6.07) is 15.0. The largest absolute Gasteiger partial charge is 0.370 e. The predicted octanol–water partition coefficient (Wildman–Crippen LogP) is 3.82. The Morgan fingerprint density at radius 2 is 1.53 bits per heavy atom. The second-order valence-electron chi connectivity index (χ2n) is 10.5. The molecule has 0 aliphatic rings. The van der Waals surface area contributed by atoms with E-state index in [1.807, 2.05) is 90.1 Å². The van der Waals surface area contributed by atoms with Gasteiger partial charge in [0.2, 0.25) is 11.8 Å². The monoisotopic (exact) mass is 622 g/mol. The number of nitrogens with two attached hydrogens (primary N) is 4. The Morgan fingerprint density at radius 1 is 0.911 bits per heavy atom. The van der Waals surface area contributed by atoms with E-state index in [1.165, 1.54) is 0 Å².